The fourth-order valence-corrected chi connectivity index (χ4v) is 2.45. The number of ether oxygens (including phenoxy) is 1. The Morgan fingerprint density at radius 1 is 1.25 bits per heavy atom. The van der Waals surface area contributed by atoms with Crippen molar-refractivity contribution in [1.29, 1.82) is 0 Å². The molecule has 4 heteroatoms. The maximum atomic E-state index is 11.9. The predicted molar refractivity (Wildman–Crippen MR) is 76.7 cm³/mol. The van der Waals surface area contributed by atoms with E-state index in [2.05, 4.69) is 5.32 Å². The Bertz CT molecular complexity index is 455. The zero-order valence-electron chi connectivity index (χ0n) is 11.8. The van der Waals surface area contributed by atoms with Gasteiger partial charge in [-0.2, -0.15) is 0 Å². The van der Waals surface area contributed by atoms with Crippen molar-refractivity contribution in [2.45, 2.75) is 38.6 Å². The summed E-state index contributed by atoms with van der Waals surface area (Å²) in [6, 6.07) is 8.01. The normalized spacial score (nSPS) is 24.4. The lowest BCUT2D eigenvalue weighted by Crippen LogP contribution is -2.35. The third-order valence-corrected chi connectivity index (χ3v) is 3.50. The molecule has 2 heterocycles. The van der Waals surface area contributed by atoms with Gasteiger partial charge in [0.05, 0.1) is 6.61 Å². The number of carbonyl (C=O) groups is 2. The number of benzene rings is 1. The van der Waals surface area contributed by atoms with Crippen LogP contribution in [-0.2, 0) is 16.0 Å². The molecule has 1 N–H and O–H groups in total. The molecule has 2 aliphatic heterocycles. The minimum absolute atomic E-state index is 0.0517. The fourth-order valence-electron chi connectivity index (χ4n) is 2.45. The Balaban J connectivity index is 2.09. The van der Waals surface area contributed by atoms with Gasteiger partial charge in [-0.05, 0) is 43.9 Å². The second-order valence-electron chi connectivity index (χ2n) is 5.41. The summed E-state index contributed by atoms with van der Waals surface area (Å²) in [5.41, 5.74) is 1.16. The molecular formula is C16H21NO3. The summed E-state index contributed by atoms with van der Waals surface area (Å²) >= 11 is 0. The number of fused-ring (bicyclic) bond motifs is 11. The van der Waals surface area contributed by atoms with Gasteiger partial charge in [0.1, 0.15) is 12.0 Å². The van der Waals surface area contributed by atoms with E-state index in [-0.39, 0.29) is 24.3 Å². The first kappa shape index (κ1) is 14.6. The molecule has 1 aromatic carbocycles. The van der Waals surface area contributed by atoms with Gasteiger partial charge in [-0.15, -0.1) is 0 Å². The summed E-state index contributed by atoms with van der Waals surface area (Å²) in [7, 11) is 0. The van der Waals surface area contributed by atoms with Crippen molar-refractivity contribution in [3.8, 4) is 5.75 Å². The fraction of sp³-hybridized carbons (Fsp3) is 0.500. The highest BCUT2D eigenvalue weighted by atomic mass is 16.5. The first-order chi connectivity index (χ1) is 9.67. The molecule has 2 unspecified atom stereocenters. The number of aldehydes is 1. The Morgan fingerprint density at radius 2 is 2.00 bits per heavy atom. The Labute approximate surface area is 119 Å². The number of rotatable bonds is 1. The number of hydrogen-bond acceptors (Lipinski definition) is 3. The largest absolute Gasteiger partial charge is 0.494 e. The lowest BCUT2D eigenvalue weighted by Gasteiger charge is -2.17. The summed E-state index contributed by atoms with van der Waals surface area (Å²) in [4.78, 5) is 22.9. The summed E-state index contributed by atoms with van der Waals surface area (Å²) in [5.74, 6) is 0.587. The lowest BCUT2D eigenvalue weighted by molar-refractivity contribution is -0.125. The zero-order chi connectivity index (χ0) is 14.4. The third kappa shape index (κ3) is 4.37. The number of amides is 1. The van der Waals surface area contributed by atoms with E-state index in [0.717, 1.165) is 30.4 Å². The molecule has 4 nitrogen and oxygen atoms in total. The van der Waals surface area contributed by atoms with Crippen molar-refractivity contribution in [1.82, 2.24) is 5.32 Å². The van der Waals surface area contributed by atoms with Gasteiger partial charge in [0, 0.05) is 18.4 Å². The topological polar surface area (TPSA) is 55.4 Å². The SMILES string of the molecule is CC1Cc2ccc(cc2)OCCCC(C=O)CC(=O)N1. The van der Waals surface area contributed by atoms with Gasteiger partial charge in [-0.1, -0.05) is 12.1 Å². The molecule has 1 amide bonds. The molecular weight excluding hydrogens is 254 g/mol. The highest BCUT2D eigenvalue weighted by Crippen LogP contribution is 2.16. The van der Waals surface area contributed by atoms with E-state index in [4.69, 9.17) is 4.74 Å². The Kier molecular flexibility index (Phi) is 5.16. The molecule has 108 valence electrons. The van der Waals surface area contributed by atoms with Crippen LogP contribution in [-0.4, -0.2) is 24.8 Å². The molecule has 0 saturated heterocycles. The van der Waals surface area contributed by atoms with Crippen LogP contribution in [0.2, 0.25) is 0 Å². The van der Waals surface area contributed by atoms with Gasteiger partial charge in [0.2, 0.25) is 5.91 Å². The number of carbonyl (C=O) groups excluding carboxylic acids is 2. The average Bonchev–Trinajstić information content (AvgIpc) is 2.43. The van der Waals surface area contributed by atoms with E-state index >= 15 is 0 Å². The molecule has 3 rings (SSSR count). The van der Waals surface area contributed by atoms with E-state index in [9.17, 15) is 9.59 Å². The molecule has 2 atom stereocenters. The van der Waals surface area contributed by atoms with Crippen LogP contribution in [0, 0.1) is 5.92 Å². The van der Waals surface area contributed by atoms with Crippen molar-refractivity contribution in [2.75, 3.05) is 6.61 Å². The molecule has 0 fully saturated rings. The van der Waals surface area contributed by atoms with Crippen LogP contribution in [0.5, 0.6) is 5.75 Å². The standard InChI is InChI=1S/C16H21NO3/c1-12-9-13-4-6-15(7-5-13)20-8-2-3-14(11-18)10-16(19)17-12/h4-7,11-12,14H,2-3,8-10H2,1H3,(H,17,19). The van der Waals surface area contributed by atoms with Crippen LogP contribution < -0.4 is 10.1 Å². The molecule has 20 heavy (non-hydrogen) atoms. The quantitative estimate of drug-likeness (QED) is 0.799. The molecule has 0 saturated carbocycles. The average molecular weight is 275 g/mol. The summed E-state index contributed by atoms with van der Waals surface area (Å²) in [5, 5.41) is 2.96. The van der Waals surface area contributed by atoms with Crippen molar-refractivity contribution in [3.05, 3.63) is 29.8 Å². The smallest absolute Gasteiger partial charge is 0.220 e. The highest BCUT2D eigenvalue weighted by molar-refractivity contribution is 5.79. The predicted octanol–water partition coefficient (Wildman–Crippen LogP) is 2.11. The Morgan fingerprint density at radius 3 is 2.70 bits per heavy atom. The van der Waals surface area contributed by atoms with E-state index < -0.39 is 0 Å². The van der Waals surface area contributed by atoms with Gasteiger partial charge in [-0.25, -0.2) is 0 Å². The summed E-state index contributed by atoms with van der Waals surface area (Å²) in [6.07, 6.45) is 3.38. The maximum Gasteiger partial charge on any atom is 0.220 e. The second-order valence-corrected chi connectivity index (χ2v) is 5.41. The summed E-state index contributed by atoms with van der Waals surface area (Å²) in [6.45, 7) is 2.55. The minimum atomic E-state index is -0.213. The van der Waals surface area contributed by atoms with Gasteiger partial charge in [-0.3, -0.25) is 4.79 Å². The number of hydrogen-bond donors (Lipinski definition) is 1. The first-order valence-electron chi connectivity index (χ1n) is 7.14. The van der Waals surface area contributed by atoms with Crippen LogP contribution in [0.15, 0.2) is 24.3 Å². The van der Waals surface area contributed by atoms with Crippen LogP contribution in [0.25, 0.3) is 0 Å². The maximum absolute atomic E-state index is 11.9. The molecule has 0 radical (unpaired) electrons. The molecule has 1 aromatic rings. The van der Waals surface area contributed by atoms with Crippen LogP contribution >= 0.6 is 0 Å². The van der Waals surface area contributed by atoms with E-state index in [0.29, 0.717) is 13.0 Å². The monoisotopic (exact) mass is 275 g/mol. The van der Waals surface area contributed by atoms with Crippen molar-refractivity contribution < 1.29 is 14.3 Å². The van der Waals surface area contributed by atoms with Crippen molar-refractivity contribution >= 4 is 12.2 Å². The molecule has 2 aliphatic rings. The van der Waals surface area contributed by atoms with Crippen molar-refractivity contribution in [2.24, 2.45) is 5.92 Å². The van der Waals surface area contributed by atoms with E-state index in [1.807, 2.05) is 31.2 Å². The van der Waals surface area contributed by atoms with E-state index in [1.165, 1.54) is 0 Å². The van der Waals surface area contributed by atoms with E-state index in [1.54, 1.807) is 0 Å². The lowest BCUT2D eigenvalue weighted by atomic mass is 10.00. The number of nitrogens with one attached hydrogen (secondary N) is 1. The third-order valence-electron chi connectivity index (χ3n) is 3.50. The molecule has 0 aliphatic carbocycles. The first-order valence-corrected chi connectivity index (χ1v) is 7.14. The van der Waals surface area contributed by atoms with Crippen molar-refractivity contribution in [3.63, 3.8) is 0 Å². The molecule has 0 aromatic heterocycles. The highest BCUT2D eigenvalue weighted by Gasteiger charge is 2.15. The minimum Gasteiger partial charge on any atom is -0.494 e. The second kappa shape index (κ2) is 7.08. The van der Waals surface area contributed by atoms with Gasteiger partial charge in [0.15, 0.2) is 0 Å². The molecule has 2 bridgehead atoms. The van der Waals surface area contributed by atoms with Gasteiger partial charge >= 0.3 is 0 Å². The van der Waals surface area contributed by atoms with Gasteiger partial charge < -0.3 is 14.8 Å². The van der Waals surface area contributed by atoms with Crippen LogP contribution in [0.3, 0.4) is 0 Å². The molecule has 0 spiro atoms. The van der Waals surface area contributed by atoms with Crippen LogP contribution in [0.1, 0.15) is 31.7 Å². The zero-order valence-corrected chi connectivity index (χ0v) is 11.8. The summed E-state index contributed by atoms with van der Waals surface area (Å²) < 4.78 is 5.63. The Hall–Kier alpha value is -1.84. The van der Waals surface area contributed by atoms with Gasteiger partial charge in [0.25, 0.3) is 0 Å². The van der Waals surface area contributed by atoms with Crippen LogP contribution in [0.4, 0.5) is 0 Å².